The van der Waals surface area contributed by atoms with Gasteiger partial charge >= 0.3 is 0 Å². The molecule has 3 heteroatoms. The number of hydrogen-bond acceptors (Lipinski definition) is 3. The van der Waals surface area contributed by atoms with Crippen molar-refractivity contribution in [2.24, 2.45) is 11.7 Å². The summed E-state index contributed by atoms with van der Waals surface area (Å²) in [6, 6.07) is 9.10. The molecule has 3 nitrogen and oxygen atoms in total. The van der Waals surface area contributed by atoms with Crippen LogP contribution >= 0.6 is 0 Å². The van der Waals surface area contributed by atoms with Gasteiger partial charge in [0.1, 0.15) is 5.75 Å². The Balaban J connectivity index is 1.93. The van der Waals surface area contributed by atoms with Crippen LogP contribution in [0.25, 0.3) is 0 Å². The molecule has 1 heterocycles. The topological polar surface area (TPSA) is 38.5 Å². The maximum atomic E-state index is 5.72. The van der Waals surface area contributed by atoms with Crippen LogP contribution in [0.1, 0.15) is 51.1 Å². The summed E-state index contributed by atoms with van der Waals surface area (Å²) >= 11 is 0. The summed E-state index contributed by atoms with van der Waals surface area (Å²) < 4.78 is 5.66. The van der Waals surface area contributed by atoms with Gasteiger partial charge in [-0.3, -0.25) is 4.90 Å². The first-order valence-corrected chi connectivity index (χ1v) is 8.41. The normalized spacial score (nSPS) is 21.2. The van der Waals surface area contributed by atoms with Crippen LogP contribution in [-0.4, -0.2) is 31.1 Å². The number of hydrogen-bond donors (Lipinski definition) is 1. The Hall–Kier alpha value is -1.06. The van der Waals surface area contributed by atoms with Gasteiger partial charge in [0.05, 0.1) is 6.61 Å². The van der Waals surface area contributed by atoms with Crippen molar-refractivity contribution in [3.05, 3.63) is 29.8 Å². The van der Waals surface area contributed by atoms with Crippen LogP contribution in [0.3, 0.4) is 0 Å². The monoisotopic (exact) mass is 290 g/mol. The zero-order valence-electron chi connectivity index (χ0n) is 13.6. The maximum Gasteiger partial charge on any atom is 0.119 e. The lowest BCUT2D eigenvalue weighted by Gasteiger charge is -2.37. The molecule has 1 fully saturated rings. The third-order valence-electron chi connectivity index (χ3n) is 4.51. The predicted octanol–water partition coefficient (Wildman–Crippen LogP) is 3.60. The van der Waals surface area contributed by atoms with E-state index in [-0.39, 0.29) is 0 Å². The van der Waals surface area contributed by atoms with Gasteiger partial charge in [-0.25, -0.2) is 0 Å². The Morgan fingerprint density at radius 2 is 2.10 bits per heavy atom. The standard InChI is InChI=1S/C18H30N2O/c1-3-13-21-18-8-6-17(7-9-18)15(2)20-12-4-5-16(14-20)10-11-19/h6-9,15-16H,3-5,10-14,19H2,1-2H3. The number of benzene rings is 1. The summed E-state index contributed by atoms with van der Waals surface area (Å²) in [5.41, 5.74) is 7.10. The Morgan fingerprint density at radius 3 is 2.76 bits per heavy atom. The Labute approximate surface area is 129 Å². The minimum atomic E-state index is 0.478. The van der Waals surface area contributed by atoms with Gasteiger partial charge in [-0.15, -0.1) is 0 Å². The van der Waals surface area contributed by atoms with Crippen LogP contribution in [0, 0.1) is 5.92 Å². The third kappa shape index (κ3) is 4.72. The van der Waals surface area contributed by atoms with Crippen LogP contribution in [0.2, 0.25) is 0 Å². The quantitative estimate of drug-likeness (QED) is 0.834. The van der Waals surface area contributed by atoms with E-state index in [1.54, 1.807) is 0 Å². The third-order valence-corrected chi connectivity index (χ3v) is 4.51. The summed E-state index contributed by atoms with van der Waals surface area (Å²) in [6.07, 6.45) is 4.85. The average molecular weight is 290 g/mol. The first-order chi connectivity index (χ1) is 10.2. The van der Waals surface area contributed by atoms with Crippen molar-refractivity contribution in [2.45, 2.75) is 45.6 Å². The average Bonchev–Trinajstić information content (AvgIpc) is 2.53. The van der Waals surface area contributed by atoms with E-state index in [9.17, 15) is 0 Å². The molecule has 1 saturated heterocycles. The van der Waals surface area contributed by atoms with Gasteiger partial charge in [-0.05, 0) is 69.3 Å². The lowest BCUT2D eigenvalue weighted by atomic mass is 9.93. The molecule has 0 radical (unpaired) electrons. The highest BCUT2D eigenvalue weighted by molar-refractivity contribution is 5.29. The van der Waals surface area contributed by atoms with E-state index in [0.717, 1.165) is 37.7 Å². The van der Waals surface area contributed by atoms with Crippen molar-refractivity contribution in [3.8, 4) is 5.75 Å². The van der Waals surface area contributed by atoms with E-state index in [4.69, 9.17) is 10.5 Å². The molecule has 21 heavy (non-hydrogen) atoms. The highest BCUT2D eigenvalue weighted by Gasteiger charge is 2.23. The summed E-state index contributed by atoms with van der Waals surface area (Å²) in [6.45, 7) is 8.44. The van der Waals surface area contributed by atoms with Crippen LogP contribution in [0.5, 0.6) is 5.75 Å². The molecule has 1 aliphatic heterocycles. The summed E-state index contributed by atoms with van der Waals surface area (Å²) in [5, 5.41) is 0. The highest BCUT2D eigenvalue weighted by Crippen LogP contribution is 2.28. The molecular formula is C18H30N2O. The van der Waals surface area contributed by atoms with E-state index < -0.39 is 0 Å². The molecule has 0 saturated carbocycles. The van der Waals surface area contributed by atoms with Gasteiger partial charge < -0.3 is 10.5 Å². The highest BCUT2D eigenvalue weighted by atomic mass is 16.5. The first-order valence-electron chi connectivity index (χ1n) is 8.41. The molecule has 1 aromatic rings. The van der Waals surface area contributed by atoms with Crippen molar-refractivity contribution in [1.82, 2.24) is 4.90 Å². The lowest BCUT2D eigenvalue weighted by molar-refractivity contribution is 0.128. The van der Waals surface area contributed by atoms with Gasteiger partial charge in [0, 0.05) is 12.6 Å². The molecule has 0 aliphatic carbocycles. The molecule has 2 N–H and O–H groups in total. The molecular weight excluding hydrogens is 260 g/mol. The molecule has 1 aliphatic rings. The number of ether oxygens (including phenoxy) is 1. The summed E-state index contributed by atoms with van der Waals surface area (Å²) in [5.74, 6) is 1.76. The molecule has 2 rings (SSSR count). The fourth-order valence-electron chi connectivity index (χ4n) is 3.19. The SMILES string of the molecule is CCCOc1ccc(C(C)N2CCCC(CCN)C2)cc1. The lowest BCUT2D eigenvalue weighted by Crippen LogP contribution is -2.37. The fraction of sp³-hybridized carbons (Fsp3) is 0.667. The van der Waals surface area contributed by atoms with Gasteiger partial charge in [0.25, 0.3) is 0 Å². The van der Waals surface area contributed by atoms with Crippen molar-refractivity contribution < 1.29 is 4.74 Å². The number of rotatable bonds is 7. The number of nitrogens with zero attached hydrogens (tertiary/aromatic N) is 1. The number of likely N-dealkylation sites (tertiary alicyclic amines) is 1. The molecule has 0 spiro atoms. The Kier molecular flexibility index (Phi) is 6.52. The van der Waals surface area contributed by atoms with E-state index >= 15 is 0 Å². The smallest absolute Gasteiger partial charge is 0.119 e. The second-order valence-corrected chi connectivity index (χ2v) is 6.17. The van der Waals surface area contributed by atoms with Gasteiger partial charge in [0.15, 0.2) is 0 Å². The van der Waals surface area contributed by atoms with Crippen LogP contribution in [0.15, 0.2) is 24.3 Å². The molecule has 2 atom stereocenters. The van der Waals surface area contributed by atoms with E-state index in [1.165, 1.54) is 31.5 Å². The molecule has 0 amide bonds. The van der Waals surface area contributed by atoms with Crippen molar-refractivity contribution >= 4 is 0 Å². The maximum absolute atomic E-state index is 5.72. The molecule has 0 aromatic heterocycles. The Bertz CT molecular complexity index is 402. The molecule has 1 aromatic carbocycles. The van der Waals surface area contributed by atoms with E-state index in [1.807, 2.05) is 0 Å². The summed E-state index contributed by atoms with van der Waals surface area (Å²) in [4.78, 5) is 2.60. The van der Waals surface area contributed by atoms with Crippen LogP contribution in [-0.2, 0) is 0 Å². The van der Waals surface area contributed by atoms with Crippen molar-refractivity contribution in [3.63, 3.8) is 0 Å². The second-order valence-electron chi connectivity index (χ2n) is 6.17. The zero-order chi connectivity index (χ0) is 15.1. The van der Waals surface area contributed by atoms with Gasteiger partial charge in [-0.1, -0.05) is 19.1 Å². The number of piperidine rings is 1. The zero-order valence-corrected chi connectivity index (χ0v) is 13.6. The largest absolute Gasteiger partial charge is 0.494 e. The minimum Gasteiger partial charge on any atom is -0.494 e. The van der Waals surface area contributed by atoms with Gasteiger partial charge in [-0.2, -0.15) is 0 Å². The van der Waals surface area contributed by atoms with Crippen LogP contribution in [0.4, 0.5) is 0 Å². The number of nitrogens with two attached hydrogens (primary N) is 1. The molecule has 2 unspecified atom stereocenters. The van der Waals surface area contributed by atoms with E-state index in [0.29, 0.717) is 6.04 Å². The summed E-state index contributed by atoms with van der Waals surface area (Å²) in [7, 11) is 0. The molecule has 118 valence electrons. The minimum absolute atomic E-state index is 0.478. The van der Waals surface area contributed by atoms with Gasteiger partial charge in [0.2, 0.25) is 0 Å². The predicted molar refractivity (Wildman–Crippen MR) is 88.6 cm³/mol. The Morgan fingerprint density at radius 1 is 1.33 bits per heavy atom. The van der Waals surface area contributed by atoms with Crippen molar-refractivity contribution in [2.75, 3.05) is 26.2 Å². The van der Waals surface area contributed by atoms with E-state index in [2.05, 4.69) is 43.0 Å². The second kappa shape index (κ2) is 8.40. The first kappa shape index (κ1) is 16.3. The van der Waals surface area contributed by atoms with Crippen molar-refractivity contribution in [1.29, 1.82) is 0 Å². The fourth-order valence-corrected chi connectivity index (χ4v) is 3.19. The van der Waals surface area contributed by atoms with Crippen LogP contribution < -0.4 is 10.5 Å². The molecule has 0 bridgehead atoms.